The number of benzene rings is 2. The number of aromatic carboxylic acids is 1. The van der Waals surface area contributed by atoms with Crippen LogP contribution in [0.2, 0.25) is 0 Å². The number of nitrogen functional groups attached to an aromatic ring is 1. The van der Waals surface area contributed by atoms with Gasteiger partial charge in [0.1, 0.15) is 4.88 Å². The van der Waals surface area contributed by atoms with Gasteiger partial charge < -0.3 is 10.8 Å². The highest BCUT2D eigenvalue weighted by atomic mass is 32.1. The predicted octanol–water partition coefficient (Wildman–Crippen LogP) is 4.36. The molecule has 0 atom stereocenters. The van der Waals surface area contributed by atoms with E-state index in [0.717, 1.165) is 33.6 Å². The fourth-order valence-corrected chi connectivity index (χ4v) is 3.07. The second kappa shape index (κ2) is 5.42. The predicted molar refractivity (Wildman–Crippen MR) is 86.6 cm³/mol. The van der Waals surface area contributed by atoms with E-state index in [2.05, 4.69) is 12.1 Å². The van der Waals surface area contributed by atoms with E-state index in [-0.39, 0.29) is 4.88 Å². The molecule has 21 heavy (non-hydrogen) atoms. The molecule has 0 saturated carbocycles. The Hall–Kier alpha value is -2.59. The lowest BCUT2D eigenvalue weighted by atomic mass is 10.0. The summed E-state index contributed by atoms with van der Waals surface area (Å²) in [6.45, 7) is 0. The van der Waals surface area contributed by atoms with Crippen molar-refractivity contribution in [1.82, 2.24) is 0 Å². The van der Waals surface area contributed by atoms with Gasteiger partial charge in [0.2, 0.25) is 0 Å². The van der Waals surface area contributed by atoms with E-state index < -0.39 is 5.97 Å². The average Bonchev–Trinajstić information content (AvgIpc) is 2.90. The van der Waals surface area contributed by atoms with Crippen LogP contribution in [-0.4, -0.2) is 11.1 Å². The molecular formula is C17H13NO2S. The summed E-state index contributed by atoms with van der Waals surface area (Å²) in [6.07, 6.45) is 0. The average molecular weight is 295 g/mol. The van der Waals surface area contributed by atoms with Gasteiger partial charge in [-0.3, -0.25) is 0 Å². The van der Waals surface area contributed by atoms with Crippen molar-refractivity contribution >= 4 is 23.0 Å². The summed E-state index contributed by atoms with van der Waals surface area (Å²) in [7, 11) is 0. The molecule has 0 aliphatic carbocycles. The second-order valence-electron chi connectivity index (χ2n) is 4.64. The van der Waals surface area contributed by atoms with Crippen molar-refractivity contribution in [2.75, 3.05) is 5.73 Å². The van der Waals surface area contributed by atoms with Crippen molar-refractivity contribution in [2.24, 2.45) is 0 Å². The molecule has 1 aromatic heterocycles. The zero-order valence-electron chi connectivity index (χ0n) is 11.1. The van der Waals surface area contributed by atoms with Crippen LogP contribution in [-0.2, 0) is 0 Å². The Kier molecular flexibility index (Phi) is 3.46. The quantitative estimate of drug-likeness (QED) is 0.754. The topological polar surface area (TPSA) is 63.3 Å². The third-order valence-corrected chi connectivity index (χ3v) is 4.31. The van der Waals surface area contributed by atoms with Crippen LogP contribution in [0.3, 0.4) is 0 Å². The molecule has 0 fully saturated rings. The molecule has 0 aliphatic rings. The molecule has 0 spiro atoms. The molecule has 0 amide bonds. The summed E-state index contributed by atoms with van der Waals surface area (Å²) >= 11 is 1.16. The molecule has 0 saturated heterocycles. The number of carboxylic acid groups (broad SMARTS) is 1. The lowest BCUT2D eigenvalue weighted by Gasteiger charge is -2.04. The van der Waals surface area contributed by atoms with Crippen molar-refractivity contribution in [3.05, 3.63) is 64.9 Å². The first-order valence-corrected chi connectivity index (χ1v) is 7.31. The number of carbonyl (C=O) groups is 1. The van der Waals surface area contributed by atoms with Gasteiger partial charge in [0, 0.05) is 10.9 Å². The van der Waals surface area contributed by atoms with Crippen molar-refractivity contribution in [3.8, 4) is 22.3 Å². The minimum Gasteiger partial charge on any atom is -0.477 e. The van der Waals surface area contributed by atoms with Crippen LogP contribution in [0.1, 0.15) is 9.67 Å². The van der Waals surface area contributed by atoms with Crippen LogP contribution in [0.4, 0.5) is 5.69 Å². The summed E-state index contributed by atoms with van der Waals surface area (Å²) in [6, 6.07) is 18.0. The summed E-state index contributed by atoms with van der Waals surface area (Å²) < 4.78 is 0. The fourth-order valence-electron chi connectivity index (χ4n) is 2.23. The molecule has 2 aromatic carbocycles. The van der Waals surface area contributed by atoms with E-state index >= 15 is 0 Å². The highest BCUT2D eigenvalue weighted by Crippen LogP contribution is 2.34. The SMILES string of the molecule is Nc1c(-c2ccc(-c3ccccc3)cc2)csc1C(=O)O. The minimum atomic E-state index is -0.982. The van der Waals surface area contributed by atoms with Gasteiger partial charge in [-0.05, 0) is 16.7 Å². The maximum atomic E-state index is 11.0. The summed E-state index contributed by atoms with van der Waals surface area (Å²) in [5.41, 5.74) is 10.2. The molecule has 1 heterocycles. The molecule has 3 aromatic rings. The Labute approximate surface area is 126 Å². The fraction of sp³-hybridized carbons (Fsp3) is 0. The van der Waals surface area contributed by atoms with E-state index in [1.165, 1.54) is 0 Å². The highest BCUT2D eigenvalue weighted by Gasteiger charge is 2.15. The number of rotatable bonds is 3. The molecule has 3 rings (SSSR count). The number of hydrogen-bond donors (Lipinski definition) is 2. The number of carboxylic acids is 1. The third-order valence-electron chi connectivity index (χ3n) is 3.33. The Morgan fingerprint density at radius 1 is 0.905 bits per heavy atom. The third kappa shape index (κ3) is 2.53. The van der Waals surface area contributed by atoms with Gasteiger partial charge in [-0.1, -0.05) is 54.6 Å². The molecule has 0 bridgehead atoms. The number of thiophene rings is 1. The van der Waals surface area contributed by atoms with E-state index in [4.69, 9.17) is 10.8 Å². The van der Waals surface area contributed by atoms with Crippen molar-refractivity contribution in [1.29, 1.82) is 0 Å². The molecular weight excluding hydrogens is 282 g/mol. The maximum Gasteiger partial charge on any atom is 0.348 e. The zero-order valence-corrected chi connectivity index (χ0v) is 11.9. The summed E-state index contributed by atoms with van der Waals surface area (Å²) in [5, 5.41) is 10.8. The van der Waals surface area contributed by atoms with Crippen LogP contribution in [0.5, 0.6) is 0 Å². The van der Waals surface area contributed by atoms with E-state index in [9.17, 15) is 4.79 Å². The molecule has 3 nitrogen and oxygen atoms in total. The Morgan fingerprint density at radius 2 is 1.48 bits per heavy atom. The lowest BCUT2D eigenvalue weighted by Crippen LogP contribution is -1.98. The normalized spacial score (nSPS) is 10.5. The van der Waals surface area contributed by atoms with Crippen LogP contribution in [0, 0.1) is 0 Å². The molecule has 4 heteroatoms. The van der Waals surface area contributed by atoms with Gasteiger partial charge in [-0.25, -0.2) is 4.79 Å². The number of anilines is 1. The van der Waals surface area contributed by atoms with Crippen molar-refractivity contribution in [2.45, 2.75) is 0 Å². The first-order valence-electron chi connectivity index (χ1n) is 6.43. The lowest BCUT2D eigenvalue weighted by molar-refractivity contribution is 0.0703. The molecule has 0 aliphatic heterocycles. The highest BCUT2D eigenvalue weighted by molar-refractivity contribution is 7.13. The van der Waals surface area contributed by atoms with E-state index in [1.807, 2.05) is 42.5 Å². The standard InChI is InChI=1S/C17H13NO2S/c18-15-14(10-21-16(15)17(19)20)13-8-6-12(7-9-13)11-4-2-1-3-5-11/h1-10H,18H2,(H,19,20). The van der Waals surface area contributed by atoms with Crippen LogP contribution >= 0.6 is 11.3 Å². The smallest absolute Gasteiger partial charge is 0.348 e. The van der Waals surface area contributed by atoms with Gasteiger partial charge in [0.15, 0.2) is 0 Å². The van der Waals surface area contributed by atoms with Crippen LogP contribution in [0.25, 0.3) is 22.3 Å². The second-order valence-corrected chi connectivity index (χ2v) is 5.52. The van der Waals surface area contributed by atoms with E-state index in [0.29, 0.717) is 5.69 Å². The molecule has 3 N–H and O–H groups in total. The van der Waals surface area contributed by atoms with Crippen molar-refractivity contribution in [3.63, 3.8) is 0 Å². The zero-order chi connectivity index (χ0) is 14.8. The van der Waals surface area contributed by atoms with Crippen molar-refractivity contribution < 1.29 is 9.90 Å². The first-order chi connectivity index (χ1) is 10.2. The van der Waals surface area contributed by atoms with E-state index in [1.54, 1.807) is 5.38 Å². The Morgan fingerprint density at radius 3 is 2.05 bits per heavy atom. The van der Waals surface area contributed by atoms with Gasteiger partial charge in [0.05, 0.1) is 5.69 Å². The first kappa shape index (κ1) is 13.4. The summed E-state index contributed by atoms with van der Waals surface area (Å²) in [5.74, 6) is -0.982. The van der Waals surface area contributed by atoms with Crippen LogP contribution in [0.15, 0.2) is 60.0 Å². The van der Waals surface area contributed by atoms with Gasteiger partial charge in [-0.2, -0.15) is 0 Å². The minimum absolute atomic E-state index is 0.192. The largest absolute Gasteiger partial charge is 0.477 e. The number of hydrogen-bond acceptors (Lipinski definition) is 3. The monoisotopic (exact) mass is 295 g/mol. The van der Waals surface area contributed by atoms with Gasteiger partial charge in [0.25, 0.3) is 0 Å². The van der Waals surface area contributed by atoms with Crippen LogP contribution < -0.4 is 5.73 Å². The molecule has 104 valence electrons. The Balaban J connectivity index is 1.97. The van der Waals surface area contributed by atoms with Gasteiger partial charge >= 0.3 is 5.97 Å². The Bertz CT molecular complexity index is 776. The number of nitrogens with two attached hydrogens (primary N) is 1. The van der Waals surface area contributed by atoms with Gasteiger partial charge in [-0.15, -0.1) is 11.3 Å². The maximum absolute atomic E-state index is 11.0. The molecule has 0 unspecified atom stereocenters. The molecule has 0 radical (unpaired) electrons. The summed E-state index contributed by atoms with van der Waals surface area (Å²) in [4.78, 5) is 11.2.